The molecule has 0 aliphatic carbocycles. The number of nitrogens with two attached hydrogens (primary N) is 1. The van der Waals surface area contributed by atoms with E-state index in [1.807, 2.05) is 6.07 Å². The largest absolute Gasteiger partial charge is 0.329 e. The summed E-state index contributed by atoms with van der Waals surface area (Å²) >= 11 is 0. The normalized spacial score (nSPS) is 12.2. The third kappa shape index (κ3) is 7.44. The van der Waals surface area contributed by atoms with Crippen molar-refractivity contribution in [3.05, 3.63) is 35.4 Å². The second kappa shape index (κ2) is 9.74. The molecular formula is C14H22ClN3O2S. The Labute approximate surface area is 133 Å². The highest BCUT2D eigenvalue weighted by Gasteiger charge is 2.17. The SMILES string of the molecule is CCCCC(CN)NS(=O)(=O)Cc1cccc(C#N)c1.Cl. The fourth-order valence-electron chi connectivity index (χ4n) is 1.92. The van der Waals surface area contributed by atoms with Crippen molar-refractivity contribution in [2.45, 2.75) is 38.0 Å². The lowest BCUT2D eigenvalue weighted by molar-refractivity contribution is 0.516. The number of nitriles is 1. The molecule has 0 aromatic heterocycles. The van der Waals surface area contributed by atoms with Crippen LogP contribution in [0.5, 0.6) is 0 Å². The summed E-state index contributed by atoms with van der Waals surface area (Å²) in [5.74, 6) is -0.134. The van der Waals surface area contributed by atoms with E-state index >= 15 is 0 Å². The van der Waals surface area contributed by atoms with E-state index in [-0.39, 0.29) is 30.7 Å². The van der Waals surface area contributed by atoms with Gasteiger partial charge in [0.05, 0.1) is 17.4 Å². The van der Waals surface area contributed by atoms with Gasteiger partial charge in [0, 0.05) is 12.6 Å². The molecule has 0 saturated heterocycles. The van der Waals surface area contributed by atoms with Gasteiger partial charge in [-0.1, -0.05) is 31.9 Å². The lowest BCUT2D eigenvalue weighted by Gasteiger charge is -2.16. The second-order valence-electron chi connectivity index (χ2n) is 4.76. The minimum Gasteiger partial charge on any atom is -0.329 e. The lowest BCUT2D eigenvalue weighted by atomic mass is 10.1. The molecule has 0 heterocycles. The summed E-state index contributed by atoms with van der Waals surface area (Å²) in [5, 5.41) is 8.81. The molecule has 7 heteroatoms. The van der Waals surface area contributed by atoms with E-state index in [4.69, 9.17) is 11.0 Å². The van der Waals surface area contributed by atoms with Gasteiger partial charge in [-0.3, -0.25) is 0 Å². The Hall–Kier alpha value is -1.13. The van der Waals surface area contributed by atoms with Gasteiger partial charge in [-0.2, -0.15) is 5.26 Å². The van der Waals surface area contributed by atoms with Gasteiger partial charge in [0.1, 0.15) is 0 Å². The van der Waals surface area contributed by atoms with Crippen LogP contribution in [0.1, 0.15) is 37.3 Å². The lowest BCUT2D eigenvalue weighted by Crippen LogP contribution is -2.40. The van der Waals surface area contributed by atoms with E-state index in [2.05, 4.69) is 11.6 Å². The summed E-state index contributed by atoms with van der Waals surface area (Å²) < 4.78 is 26.8. The molecule has 0 radical (unpaired) electrons. The molecule has 1 unspecified atom stereocenters. The van der Waals surface area contributed by atoms with Crippen LogP contribution in [0.3, 0.4) is 0 Å². The fourth-order valence-corrected chi connectivity index (χ4v) is 3.34. The Morgan fingerprint density at radius 3 is 2.71 bits per heavy atom. The van der Waals surface area contributed by atoms with Crippen molar-refractivity contribution in [1.82, 2.24) is 4.72 Å². The van der Waals surface area contributed by atoms with Crippen molar-refractivity contribution in [3.8, 4) is 6.07 Å². The maximum atomic E-state index is 12.1. The molecule has 5 nitrogen and oxygen atoms in total. The summed E-state index contributed by atoms with van der Waals surface area (Å²) in [6.07, 6.45) is 2.68. The summed E-state index contributed by atoms with van der Waals surface area (Å²) in [7, 11) is -3.44. The first kappa shape index (κ1) is 19.9. The van der Waals surface area contributed by atoms with Crippen LogP contribution in [0.4, 0.5) is 0 Å². The first-order valence-corrected chi connectivity index (χ1v) is 8.35. The highest BCUT2D eigenvalue weighted by atomic mass is 35.5. The van der Waals surface area contributed by atoms with Gasteiger partial charge in [0.2, 0.25) is 10.0 Å². The Balaban J connectivity index is 0.00000400. The molecule has 0 amide bonds. The van der Waals surface area contributed by atoms with Gasteiger partial charge in [-0.05, 0) is 24.1 Å². The van der Waals surface area contributed by atoms with Crippen LogP contribution in [0.25, 0.3) is 0 Å². The van der Waals surface area contributed by atoms with Crippen LogP contribution in [0.15, 0.2) is 24.3 Å². The quantitative estimate of drug-likeness (QED) is 0.760. The van der Waals surface area contributed by atoms with Crippen molar-refractivity contribution in [2.24, 2.45) is 5.73 Å². The van der Waals surface area contributed by atoms with Gasteiger partial charge < -0.3 is 5.73 Å². The maximum absolute atomic E-state index is 12.1. The summed E-state index contributed by atoms with van der Waals surface area (Å²) in [5.41, 5.74) is 6.65. The molecule has 0 aliphatic heterocycles. The Morgan fingerprint density at radius 1 is 1.43 bits per heavy atom. The first-order chi connectivity index (χ1) is 9.50. The molecule has 0 spiro atoms. The zero-order valence-corrected chi connectivity index (χ0v) is 13.7. The molecule has 1 rings (SSSR count). The minimum absolute atomic E-state index is 0. The van der Waals surface area contributed by atoms with E-state index < -0.39 is 10.0 Å². The van der Waals surface area contributed by atoms with Crippen molar-refractivity contribution >= 4 is 22.4 Å². The number of nitrogens with zero attached hydrogens (tertiary/aromatic N) is 1. The predicted molar refractivity (Wildman–Crippen MR) is 86.5 cm³/mol. The fraction of sp³-hybridized carbons (Fsp3) is 0.500. The summed E-state index contributed by atoms with van der Waals surface area (Å²) in [6.45, 7) is 2.34. The van der Waals surface area contributed by atoms with E-state index in [0.29, 0.717) is 11.1 Å². The van der Waals surface area contributed by atoms with Crippen LogP contribution < -0.4 is 10.5 Å². The molecule has 3 N–H and O–H groups in total. The maximum Gasteiger partial charge on any atom is 0.216 e. The van der Waals surface area contributed by atoms with E-state index in [0.717, 1.165) is 19.3 Å². The monoisotopic (exact) mass is 331 g/mol. The molecule has 1 atom stereocenters. The third-order valence-electron chi connectivity index (χ3n) is 2.95. The standard InChI is InChI=1S/C14H21N3O2S.ClH/c1-2-3-7-14(10-16)17-20(18,19)11-13-6-4-5-12(8-13)9-15;/h4-6,8,14,17H,2-3,7,10-11,16H2,1H3;1H. The number of unbranched alkanes of at least 4 members (excludes halogenated alkanes) is 1. The Bertz CT molecular complexity index is 570. The van der Waals surface area contributed by atoms with Crippen LogP contribution in [0, 0.1) is 11.3 Å². The highest BCUT2D eigenvalue weighted by molar-refractivity contribution is 7.88. The highest BCUT2D eigenvalue weighted by Crippen LogP contribution is 2.09. The van der Waals surface area contributed by atoms with Gasteiger partial charge in [-0.25, -0.2) is 13.1 Å². The number of halogens is 1. The zero-order chi connectivity index (χ0) is 15.0. The summed E-state index contributed by atoms with van der Waals surface area (Å²) in [6, 6.07) is 8.39. The van der Waals surface area contributed by atoms with Crippen molar-refractivity contribution in [3.63, 3.8) is 0 Å². The topological polar surface area (TPSA) is 96.0 Å². The molecule has 1 aromatic rings. The van der Waals surface area contributed by atoms with Gasteiger partial charge in [-0.15, -0.1) is 12.4 Å². The van der Waals surface area contributed by atoms with Crippen LogP contribution in [-0.2, 0) is 15.8 Å². The van der Waals surface area contributed by atoms with Crippen LogP contribution >= 0.6 is 12.4 Å². The number of hydrogen-bond acceptors (Lipinski definition) is 4. The second-order valence-corrected chi connectivity index (χ2v) is 6.52. The van der Waals surface area contributed by atoms with Crippen LogP contribution in [-0.4, -0.2) is 21.0 Å². The van der Waals surface area contributed by atoms with Crippen molar-refractivity contribution in [2.75, 3.05) is 6.54 Å². The van der Waals surface area contributed by atoms with Crippen molar-refractivity contribution in [1.29, 1.82) is 5.26 Å². The molecular weight excluding hydrogens is 310 g/mol. The average molecular weight is 332 g/mol. The molecule has 118 valence electrons. The molecule has 1 aromatic carbocycles. The minimum atomic E-state index is -3.44. The van der Waals surface area contributed by atoms with E-state index in [1.165, 1.54) is 0 Å². The smallest absolute Gasteiger partial charge is 0.216 e. The number of sulfonamides is 1. The third-order valence-corrected chi connectivity index (χ3v) is 4.36. The Morgan fingerprint density at radius 2 is 2.14 bits per heavy atom. The van der Waals surface area contributed by atoms with Gasteiger partial charge in [0.25, 0.3) is 0 Å². The number of rotatable bonds is 8. The van der Waals surface area contributed by atoms with E-state index in [9.17, 15) is 8.42 Å². The number of nitrogens with one attached hydrogen (secondary N) is 1. The Kier molecular flexibility index (Phi) is 9.22. The molecule has 21 heavy (non-hydrogen) atoms. The van der Waals surface area contributed by atoms with Gasteiger partial charge in [0.15, 0.2) is 0 Å². The van der Waals surface area contributed by atoms with Crippen molar-refractivity contribution < 1.29 is 8.42 Å². The van der Waals surface area contributed by atoms with Gasteiger partial charge >= 0.3 is 0 Å². The molecule has 0 aliphatic rings. The first-order valence-electron chi connectivity index (χ1n) is 6.70. The average Bonchev–Trinajstić information content (AvgIpc) is 2.43. The van der Waals surface area contributed by atoms with E-state index in [1.54, 1.807) is 24.3 Å². The number of benzene rings is 1. The van der Waals surface area contributed by atoms with Crippen LogP contribution in [0.2, 0.25) is 0 Å². The predicted octanol–water partition coefficient (Wildman–Crippen LogP) is 1.92. The molecule has 0 bridgehead atoms. The molecule has 0 saturated carbocycles. The number of hydrogen-bond donors (Lipinski definition) is 2. The molecule has 0 fully saturated rings. The zero-order valence-electron chi connectivity index (χ0n) is 12.1. The summed E-state index contributed by atoms with van der Waals surface area (Å²) in [4.78, 5) is 0.